The normalized spacial score (nSPS) is 23.1. The molecule has 19 heavy (non-hydrogen) atoms. The quantitative estimate of drug-likeness (QED) is 0.858. The number of ketones is 1. The summed E-state index contributed by atoms with van der Waals surface area (Å²) in [6.45, 7) is 2.59. The fourth-order valence-corrected chi connectivity index (χ4v) is 3.18. The maximum atomic E-state index is 12.5. The summed E-state index contributed by atoms with van der Waals surface area (Å²) in [6, 6.07) is 7.84. The average Bonchev–Trinajstić information content (AvgIpc) is 3.04. The van der Waals surface area contributed by atoms with Crippen LogP contribution in [0.2, 0.25) is 0 Å². The van der Waals surface area contributed by atoms with Crippen LogP contribution in [0.1, 0.15) is 35.4 Å². The van der Waals surface area contributed by atoms with Gasteiger partial charge in [-0.05, 0) is 43.9 Å². The van der Waals surface area contributed by atoms with E-state index in [1.807, 2.05) is 31.2 Å². The Morgan fingerprint density at radius 1 is 1.42 bits per heavy atom. The van der Waals surface area contributed by atoms with E-state index in [1.54, 1.807) is 0 Å². The molecule has 1 aliphatic rings. The predicted molar refractivity (Wildman–Crippen MR) is 75.2 cm³/mol. The fourth-order valence-electron chi connectivity index (χ4n) is 3.18. The van der Waals surface area contributed by atoms with Crippen LogP contribution in [0.3, 0.4) is 0 Å². The highest BCUT2D eigenvalue weighted by molar-refractivity contribution is 5.99. The zero-order chi connectivity index (χ0) is 13.4. The first-order valence-electron chi connectivity index (χ1n) is 6.94. The lowest BCUT2D eigenvalue weighted by molar-refractivity contribution is 0.0867. The maximum Gasteiger partial charge on any atom is 0.201 e. The van der Waals surface area contributed by atoms with Crippen LogP contribution >= 0.6 is 0 Å². The lowest BCUT2D eigenvalue weighted by Crippen LogP contribution is -2.24. The SMILES string of the molecule is Cc1cccc2cc(C(=O)C3CCCC3CN)oc12. The second-order valence-electron chi connectivity index (χ2n) is 5.50. The van der Waals surface area contributed by atoms with Gasteiger partial charge in [-0.2, -0.15) is 0 Å². The van der Waals surface area contributed by atoms with Crippen molar-refractivity contribution < 1.29 is 9.21 Å². The van der Waals surface area contributed by atoms with Gasteiger partial charge in [0.2, 0.25) is 5.78 Å². The van der Waals surface area contributed by atoms with Crippen LogP contribution in [0.4, 0.5) is 0 Å². The molecule has 3 rings (SSSR count). The molecule has 0 radical (unpaired) electrons. The standard InChI is InChI=1S/C16H19NO2/c1-10-4-2-5-11-8-14(19-16(10)11)15(18)13-7-3-6-12(13)9-17/h2,4-5,8,12-13H,3,6-7,9,17H2,1H3. The summed E-state index contributed by atoms with van der Waals surface area (Å²) >= 11 is 0. The van der Waals surface area contributed by atoms with Crippen LogP contribution in [-0.4, -0.2) is 12.3 Å². The molecule has 0 aliphatic heterocycles. The van der Waals surface area contributed by atoms with E-state index in [2.05, 4.69) is 0 Å². The number of furan rings is 1. The maximum absolute atomic E-state index is 12.5. The van der Waals surface area contributed by atoms with E-state index in [0.717, 1.165) is 35.8 Å². The van der Waals surface area contributed by atoms with E-state index in [-0.39, 0.29) is 11.7 Å². The molecule has 0 spiro atoms. The molecule has 2 atom stereocenters. The van der Waals surface area contributed by atoms with E-state index in [4.69, 9.17) is 10.2 Å². The monoisotopic (exact) mass is 257 g/mol. The van der Waals surface area contributed by atoms with Crippen molar-refractivity contribution in [3.8, 4) is 0 Å². The molecule has 3 heteroatoms. The summed E-state index contributed by atoms with van der Waals surface area (Å²) in [5.41, 5.74) is 7.65. The molecular formula is C16H19NO2. The Kier molecular flexibility index (Phi) is 3.15. The molecule has 0 amide bonds. The number of nitrogens with two attached hydrogens (primary N) is 1. The molecule has 2 N–H and O–H groups in total. The number of fused-ring (bicyclic) bond motifs is 1. The molecule has 100 valence electrons. The zero-order valence-corrected chi connectivity index (χ0v) is 11.2. The third kappa shape index (κ3) is 2.08. The minimum Gasteiger partial charge on any atom is -0.453 e. The first-order valence-corrected chi connectivity index (χ1v) is 6.94. The number of aryl methyl sites for hydroxylation is 1. The largest absolute Gasteiger partial charge is 0.453 e. The number of rotatable bonds is 3. The van der Waals surface area contributed by atoms with E-state index in [1.165, 1.54) is 0 Å². The van der Waals surface area contributed by atoms with Crippen molar-refractivity contribution in [2.45, 2.75) is 26.2 Å². The number of hydrogen-bond donors (Lipinski definition) is 1. The molecule has 1 fully saturated rings. The summed E-state index contributed by atoms with van der Waals surface area (Å²) in [5, 5.41) is 1.01. The number of carbonyl (C=O) groups is 1. The second kappa shape index (κ2) is 4.82. The van der Waals surface area contributed by atoms with Crippen LogP contribution in [0.5, 0.6) is 0 Å². The Hall–Kier alpha value is -1.61. The summed E-state index contributed by atoms with van der Waals surface area (Å²) in [5.74, 6) is 0.992. The zero-order valence-electron chi connectivity index (χ0n) is 11.2. The summed E-state index contributed by atoms with van der Waals surface area (Å²) < 4.78 is 5.78. The molecule has 1 heterocycles. The minimum absolute atomic E-state index is 0.0471. The van der Waals surface area contributed by atoms with Gasteiger partial charge < -0.3 is 10.2 Å². The van der Waals surface area contributed by atoms with Crippen molar-refractivity contribution in [2.24, 2.45) is 17.6 Å². The van der Waals surface area contributed by atoms with Crippen molar-refractivity contribution in [1.82, 2.24) is 0 Å². The molecule has 3 nitrogen and oxygen atoms in total. The Bertz CT molecular complexity index is 614. The average molecular weight is 257 g/mol. The molecular weight excluding hydrogens is 238 g/mol. The van der Waals surface area contributed by atoms with E-state index in [9.17, 15) is 4.79 Å². The van der Waals surface area contributed by atoms with Crippen LogP contribution in [-0.2, 0) is 0 Å². The second-order valence-corrected chi connectivity index (χ2v) is 5.50. The fraction of sp³-hybridized carbons (Fsp3) is 0.438. The summed E-state index contributed by atoms with van der Waals surface area (Å²) in [7, 11) is 0. The predicted octanol–water partition coefficient (Wildman–Crippen LogP) is 3.30. The highest BCUT2D eigenvalue weighted by Gasteiger charge is 2.34. The van der Waals surface area contributed by atoms with Gasteiger partial charge in [-0.15, -0.1) is 0 Å². The molecule has 2 unspecified atom stereocenters. The number of hydrogen-bond acceptors (Lipinski definition) is 3. The van der Waals surface area contributed by atoms with Crippen molar-refractivity contribution in [3.05, 3.63) is 35.6 Å². The van der Waals surface area contributed by atoms with Gasteiger partial charge in [-0.3, -0.25) is 4.79 Å². The van der Waals surface area contributed by atoms with E-state index < -0.39 is 0 Å². The van der Waals surface area contributed by atoms with Crippen molar-refractivity contribution >= 4 is 16.8 Å². The Morgan fingerprint density at radius 3 is 3.00 bits per heavy atom. The molecule has 1 saturated carbocycles. The van der Waals surface area contributed by atoms with Crippen molar-refractivity contribution in [1.29, 1.82) is 0 Å². The molecule has 1 aromatic carbocycles. The van der Waals surface area contributed by atoms with Crippen LogP contribution in [0, 0.1) is 18.8 Å². The first-order chi connectivity index (χ1) is 9.20. The van der Waals surface area contributed by atoms with Gasteiger partial charge in [0.05, 0.1) is 0 Å². The van der Waals surface area contributed by atoms with Gasteiger partial charge in [0.15, 0.2) is 5.76 Å². The van der Waals surface area contributed by atoms with Crippen molar-refractivity contribution in [3.63, 3.8) is 0 Å². The number of carbonyl (C=O) groups excluding carboxylic acids is 1. The van der Waals surface area contributed by atoms with Gasteiger partial charge in [0.1, 0.15) is 5.58 Å². The molecule has 1 aromatic heterocycles. The minimum atomic E-state index is 0.0471. The lowest BCUT2D eigenvalue weighted by atomic mass is 9.91. The number of Topliss-reactive ketones (excluding diaryl/α,β-unsaturated/α-hetero) is 1. The van der Waals surface area contributed by atoms with Crippen LogP contribution in [0.15, 0.2) is 28.7 Å². The summed E-state index contributed by atoms with van der Waals surface area (Å²) in [6.07, 6.45) is 3.10. The van der Waals surface area contributed by atoms with Crippen LogP contribution < -0.4 is 5.73 Å². The third-order valence-electron chi connectivity index (χ3n) is 4.28. The smallest absolute Gasteiger partial charge is 0.201 e. The van der Waals surface area contributed by atoms with Gasteiger partial charge in [-0.1, -0.05) is 24.6 Å². The van der Waals surface area contributed by atoms with Gasteiger partial charge in [0, 0.05) is 11.3 Å². The molecule has 0 bridgehead atoms. The summed E-state index contributed by atoms with van der Waals surface area (Å²) in [4.78, 5) is 12.5. The Balaban J connectivity index is 1.95. The third-order valence-corrected chi connectivity index (χ3v) is 4.28. The highest BCUT2D eigenvalue weighted by Crippen LogP contribution is 2.35. The molecule has 2 aromatic rings. The van der Waals surface area contributed by atoms with Crippen molar-refractivity contribution in [2.75, 3.05) is 6.54 Å². The molecule has 0 saturated heterocycles. The topological polar surface area (TPSA) is 56.2 Å². The van der Waals surface area contributed by atoms with E-state index >= 15 is 0 Å². The number of benzene rings is 1. The van der Waals surface area contributed by atoms with Gasteiger partial charge in [-0.25, -0.2) is 0 Å². The first kappa shape index (κ1) is 12.4. The highest BCUT2D eigenvalue weighted by atomic mass is 16.3. The molecule has 1 aliphatic carbocycles. The lowest BCUT2D eigenvalue weighted by Gasteiger charge is -2.14. The van der Waals surface area contributed by atoms with Crippen LogP contribution in [0.25, 0.3) is 11.0 Å². The Morgan fingerprint density at radius 2 is 2.26 bits per heavy atom. The van der Waals surface area contributed by atoms with E-state index in [0.29, 0.717) is 18.2 Å². The van der Waals surface area contributed by atoms with Gasteiger partial charge in [0.25, 0.3) is 0 Å². The Labute approximate surface area is 112 Å². The van der Waals surface area contributed by atoms with Gasteiger partial charge >= 0.3 is 0 Å². The number of para-hydroxylation sites is 1.